The molecule has 1 saturated carbocycles. The molecule has 17 heavy (non-hydrogen) atoms. The van der Waals surface area contributed by atoms with E-state index in [9.17, 15) is 5.11 Å². The Bertz CT molecular complexity index is 389. The van der Waals surface area contributed by atoms with Crippen LogP contribution in [0.4, 0.5) is 0 Å². The maximum atomic E-state index is 10.0. The number of aliphatic hydroxyl groups is 1. The molecule has 2 unspecified atom stereocenters. The molecule has 2 atom stereocenters. The first-order valence-electron chi connectivity index (χ1n) is 6.51. The average Bonchev–Trinajstić information content (AvgIpc) is 2.59. The summed E-state index contributed by atoms with van der Waals surface area (Å²) in [6.07, 6.45) is 6.27. The summed E-state index contributed by atoms with van der Waals surface area (Å²) in [7, 11) is 1.99. The molecule has 96 valence electrons. The SMILES string of the molecule is CCc1nn(C)c(CC2CCCCC2O)c1Br. The molecule has 1 aromatic heterocycles. The molecule has 0 spiro atoms. The van der Waals surface area contributed by atoms with Gasteiger partial charge in [0.1, 0.15) is 0 Å². The number of halogens is 1. The van der Waals surface area contributed by atoms with Crippen molar-refractivity contribution in [2.75, 3.05) is 0 Å². The Morgan fingerprint density at radius 2 is 2.12 bits per heavy atom. The van der Waals surface area contributed by atoms with Crippen molar-refractivity contribution in [1.29, 1.82) is 0 Å². The van der Waals surface area contributed by atoms with E-state index >= 15 is 0 Å². The van der Waals surface area contributed by atoms with Crippen LogP contribution in [-0.2, 0) is 19.9 Å². The van der Waals surface area contributed by atoms with Crippen LogP contribution in [0.3, 0.4) is 0 Å². The van der Waals surface area contributed by atoms with Crippen molar-refractivity contribution in [1.82, 2.24) is 9.78 Å². The van der Waals surface area contributed by atoms with Crippen LogP contribution in [-0.4, -0.2) is 21.0 Å². The van der Waals surface area contributed by atoms with E-state index in [1.807, 2.05) is 11.7 Å². The molecule has 0 aromatic carbocycles. The van der Waals surface area contributed by atoms with Crippen molar-refractivity contribution in [3.05, 3.63) is 15.9 Å². The van der Waals surface area contributed by atoms with E-state index < -0.39 is 0 Å². The van der Waals surface area contributed by atoms with Gasteiger partial charge in [-0.05, 0) is 47.5 Å². The highest BCUT2D eigenvalue weighted by Crippen LogP contribution is 2.31. The fourth-order valence-corrected chi connectivity index (χ4v) is 3.49. The molecule has 0 saturated heterocycles. The van der Waals surface area contributed by atoms with Gasteiger partial charge in [0.2, 0.25) is 0 Å². The number of hydrogen-bond donors (Lipinski definition) is 1. The largest absolute Gasteiger partial charge is 0.393 e. The number of aliphatic hydroxyl groups excluding tert-OH is 1. The average molecular weight is 301 g/mol. The Morgan fingerprint density at radius 1 is 1.41 bits per heavy atom. The van der Waals surface area contributed by atoms with Crippen LogP contribution in [0.2, 0.25) is 0 Å². The van der Waals surface area contributed by atoms with Crippen LogP contribution in [0.5, 0.6) is 0 Å². The maximum absolute atomic E-state index is 10.0. The molecule has 0 radical (unpaired) electrons. The van der Waals surface area contributed by atoms with Gasteiger partial charge in [-0.3, -0.25) is 4.68 Å². The van der Waals surface area contributed by atoms with Gasteiger partial charge in [0, 0.05) is 7.05 Å². The standard InChI is InChI=1S/C13H21BrN2O/c1-3-10-13(14)11(16(2)15-10)8-9-6-4-5-7-12(9)17/h9,12,17H,3-8H2,1-2H3. The lowest BCUT2D eigenvalue weighted by Gasteiger charge is -2.27. The summed E-state index contributed by atoms with van der Waals surface area (Å²) in [6, 6.07) is 0. The van der Waals surface area contributed by atoms with E-state index in [1.54, 1.807) is 0 Å². The van der Waals surface area contributed by atoms with Gasteiger partial charge in [0.25, 0.3) is 0 Å². The van der Waals surface area contributed by atoms with Crippen LogP contribution in [0.25, 0.3) is 0 Å². The summed E-state index contributed by atoms with van der Waals surface area (Å²) in [6.45, 7) is 2.12. The second-order valence-electron chi connectivity index (χ2n) is 5.00. The molecule has 0 aliphatic heterocycles. The summed E-state index contributed by atoms with van der Waals surface area (Å²) >= 11 is 3.64. The first-order chi connectivity index (χ1) is 8.13. The van der Waals surface area contributed by atoms with Crippen LogP contribution >= 0.6 is 15.9 Å². The van der Waals surface area contributed by atoms with Crippen molar-refractivity contribution in [3.63, 3.8) is 0 Å². The normalized spacial score (nSPS) is 25.2. The van der Waals surface area contributed by atoms with Crippen LogP contribution in [0.1, 0.15) is 44.0 Å². The third kappa shape index (κ3) is 2.74. The van der Waals surface area contributed by atoms with Gasteiger partial charge >= 0.3 is 0 Å². The lowest BCUT2D eigenvalue weighted by Crippen LogP contribution is -2.27. The summed E-state index contributed by atoms with van der Waals surface area (Å²) in [5.74, 6) is 0.403. The predicted molar refractivity (Wildman–Crippen MR) is 72.0 cm³/mol. The van der Waals surface area contributed by atoms with Crippen LogP contribution < -0.4 is 0 Å². The van der Waals surface area contributed by atoms with Crippen LogP contribution in [0.15, 0.2) is 4.47 Å². The highest BCUT2D eigenvalue weighted by Gasteiger charge is 2.25. The zero-order valence-electron chi connectivity index (χ0n) is 10.6. The first kappa shape index (κ1) is 13.1. The predicted octanol–water partition coefficient (Wildman–Crippen LogP) is 2.84. The maximum Gasteiger partial charge on any atom is 0.0766 e. The van der Waals surface area contributed by atoms with E-state index in [-0.39, 0.29) is 6.10 Å². The van der Waals surface area contributed by atoms with E-state index in [4.69, 9.17) is 0 Å². The Balaban J connectivity index is 2.14. The van der Waals surface area contributed by atoms with Gasteiger partial charge < -0.3 is 5.11 Å². The highest BCUT2D eigenvalue weighted by atomic mass is 79.9. The van der Waals surface area contributed by atoms with Gasteiger partial charge in [-0.15, -0.1) is 0 Å². The summed E-state index contributed by atoms with van der Waals surface area (Å²) in [5.41, 5.74) is 2.35. The molecule has 1 fully saturated rings. The van der Waals surface area contributed by atoms with Crippen molar-refractivity contribution < 1.29 is 5.11 Å². The summed E-state index contributed by atoms with van der Waals surface area (Å²) < 4.78 is 3.10. The zero-order chi connectivity index (χ0) is 12.4. The van der Waals surface area contributed by atoms with Crippen molar-refractivity contribution in [2.24, 2.45) is 13.0 Å². The topological polar surface area (TPSA) is 38.0 Å². The van der Waals surface area contributed by atoms with Gasteiger partial charge in [-0.25, -0.2) is 0 Å². The molecular formula is C13H21BrN2O. The number of aryl methyl sites for hydroxylation is 2. The van der Waals surface area contributed by atoms with Gasteiger partial charge in [-0.2, -0.15) is 5.10 Å². The molecular weight excluding hydrogens is 280 g/mol. The Hall–Kier alpha value is -0.350. The van der Waals surface area contributed by atoms with Gasteiger partial charge in [-0.1, -0.05) is 19.8 Å². The molecule has 1 aliphatic carbocycles. The minimum absolute atomic E-state index is 0.129. The van der Waals surface area contributed by atoms with E-state index in [0.29, 0.717) is 5.92 Å². The van der Waals surface area contributed by atoms with E-state index in [1.165, 1.54) is 18.5 Å². The molecule has 0 amide bonds. The third-order valence-electron chi connectivity index (χ3n) is 3.83. The zero-order valence-corrected chi connectivity index (χ0v) is 12.2. The molecule has 1 aromatic rings. The molecule has 2 rings (SSSR count). The second kappa shape index (κ2) is 5.53. The smallest absolute Gasteiger partial charge is 0.0766 e. The molecule has 1 heterocycles. The number of rotatable bonds is 3. The highest BCUT2D eigenvalue weighted by molar-refractivity contribution is 9.10. The molecule has 3 nitrogen and oxygen atoms in total. The second-order valence-corrected chi connectivity index (χ2v) is 5.79. The molecule has 0 bridgehead atoms. The molecule has 4 heteroatoms. The summed E-state index contributed by atoms with van der Waals surface area (Å²) in [5, 5.41) is 14.5. The summed E-state index contributed by atoms with van der Waals surface area (Å²) in [4.78, 5) is 0. The Labute approximate surface area is 111 Å². The number of aromatic nitrogens is 2. The molecule has 1 N–H and O–H groups in total. The number of nitrogens with zero attached hydrogens (tertiary/aromatic N) is 2. The Morgan fingerprint density at radius 3 is 2.71 bits per heavy atom. The fraction of sp³-hybridized carbons (Fsp3) is 0.769. The minimum atomic E-state index is -0.129. The quantitative estimate of drug-likeness (QED) is 0.932. The number of hydrogen-bond acceptors (Lipinski definition) is 2. The van der Waals surface area contributed by atoms with E-state index in [2.05, 4.69) is 28.0 Å². The lowest BCUT2D eigenvalue weighted by atomic mass is 9.83. The van der Waals surface area contributed by atoms with E-state index in [0.717, 1.165) is 35.8 Å². The monoisotopic (exact) mass is 300 g/mol. The van der Waals surface area contributed by atoms with Crippen molar-refractivity contribution in [3.8, 4) is 0 Å². The fourth-order valence-electron chi connectivity index (χ4n) is 2.72. The van der Waals surface area contributed by atoms with Crippen molar-refractivity contribution in [2.45, 2.75) is 51.6 Å². The van der Waals surface area contributed by atoms with Gasteiger partial charge in [0.05, 0.1) is 22.0 Å². The lowest BCUT2D eigenvalue weighted by molar-refractivity contribution is 0.0690. The molecule has 1 aliphatic rings. The minimum Gasteiger partial charge on any atom is -0.393 e. The Kier molecular flexibility index (Phi) is 4.26. The van der Waals surface area contributed by atoms with Crippen LogP contribution in [0, 0.1) is 5.92 Å². The first-order valence-corrected chi connectivity index (χ1v) is 7.31. The third-order valence-corrected chi connectivity index (χ3v) is 4.74. The van der Waals surface area contributed by atoms with Crippen molar-refractivity contribution >= 4 is 15.9 Å². The van der Waals surface area contributed by atoms with Gasteiger partial charge in [0.15, 0.2) is 0 Å².